The topological polar surface area (TPSA) is 99.5 Å². The van der Waals surface area contributed by atoms with Gasteiger partial charge in [-0.3, -0.25) is 9.80 Å². The Bertz CT molecular complexity index is 777. The number of ether oxygens (including phenoxy) is 2. The second-order valence-electron chi connectivity index (χ2n) is 7.93. The van der Waals surface area contributed by atoms with Gasteiger partial charge in [0.15, 0.2) is 0 Å². The minimum atomic E-state index is -5.08. The van der Waals surface area contributed by atoms with Crippen LogP contribution in [0, 0.1) is 0 Å². The van der Waals surface area contributed by atoms with E-state index in [0.717, 1.165) is 46.0 Å². The van der Waals surface area contributed by atoms with Crippen LogP contribution in [0.5, 0.6) is 0 Å². The molecule has 3 fully saturated rings. The summed E-state index contributed by atoms with van der Waals surface area (Å²) >= 11 is 1.80. The van der Waals surface area contributed by atoms with Crippen LogP contribution in [0.25, 0.3) is 0 Å². The smallest absolute Gasteiger partial charge is 0.475 e. The molecule has 0 bridgehead atoms. The molecule has 3 saturated heterocycles. The molecule has 0 aromatic carbocycles. The fraction of sp³-hybridized carbons (Fsp3) is 0.700. The highest BCUT2D eigenvalue weighted by molar-refractivity contribution is 7.07. The van der Waals surface area contributed by atoms with E-state index in [2.05, 4.69) is 26.6 Å². The molecule has 1 aromatic heterocycles. The zero-order chi connectivity index (χ0) is 26.2. The molecular weight excluding hydrogens is 510 g/mol. The molecule has 4 heterocycles. The van der Waals surface area contributed by atoms with Crippen molar-refractivity contribution in [3.63, 3.8) is 0 Å². The summed E-state index contributed by atoms with van der Waals surface area (Å²) in [6.07, 6.45) is -7.28. The van der Waals surface area contributed by atoms with Gasteiger partial charge in [-0.15, -0.1) is 0 Å². The molecule has 0 unspecified atom stereocenters. The first kappa shape index (κ1) is 29.3. The van der Waals surface area contributed by atoms with E-state index in [-0.39, 0.29) is 0 Å². The number of rotatable bonds is 3. The summed E-state index contributed by atoms with van der Waals surface area (Å²) in [6, 6.07) is 3.41. The second-order valence-corrected chi connectivity index (χ2v) is 8.71. The van der Waals surface area contributed by atoms with Gasteiger partial charge >= 0.3 is 24.3 Å². The molecule has 0 amide bonds. The van der Waals surface area contributed by atoms with Crippen molar-refractivity contribution in [3.05, 3.63) is 22.4 Å². The number of aliphatic carboxylic acids is 2. The maximum absolute atomic E-state index is 10.6. The number of fused-ring (bicyclic) bond motifs is 1. The highest BCUT2D eigenvalue weighted by atomic mass is 32.1. The van der Waals surface area contributed by atoms with E-state index < -0.39 is 24.3 Å². The number of carboxylic acid groups (broad SMARTS) is 2. The number of halogens is 6. The summed E-state index contributed by atoms with van der Waals surface area (Å²) < 4.78 is 75.2. The average Bonchev–Trinajstić information content (AvgIpc) is 3.43. The van der Waals surface area contributed by atoms with Gasteiger partial charge in [0.25, 0.3) is 0 Å². The Hall–Kier alpha value is -1.94. The number of nitrogens with zero attached hydrogens (tertiary/aromatic N) is 2. The van der Waals surface area contributed by atoms with Crippen molar-refractivity contribution in [1.29, 1.82) is 0 Å². The second kappa shape index (κ2) is 12.9. The molecule has 2 N–H and O–H groups in total. The standard InChI is InChI=1S/C16H24N2O2S.2C2HF3O2/c1-2-14-16(20-6-1)15(17-4-7-19-8-5-17)11-18(14)10-13-3-9-21-12-13;2*3-2(4,5)1(6)7/h3,9,12,14-16H,1-2,4-8,10-11H2;2*(H,6,7)/t14-,15-,16+;;/m0../s1. The molecular formula is C20H26F6N2O6S. The Morgan fingerprint density at radius 3 is 2.06 bits per heavy atom. The van der Waals surface area contributed by atoms with E-state index >= 15 is 0 Å². The van der Waals surface area contributed by atoms with E-state index in [0.29, 0.717) is 18.2 Å². The van der Waals surface area contributed by atoms with Crippen molar-refractivity contribution >= 4 is 23.3 Å². The van der Waals surface area contributed by atoms with Crippen LogP contribution in [0.2, 0.25) is 0 Å². The molecule has 0 aliphatic carbocycles. The fourth-order valence-corrected chi connectivity index (χ4v) is 4.72. The predicted octanol–water partition coefficient (Wildman–Crippen LogP) is 3.08. The Kier molecular flexibility index (Phi) is 10.8. The van der Waals surface area contributed by atoms with E-state index in [1.54, 1.807) is 11.3 Å². The number of carboxylic acids is 2. The molecule has 8 nitrogen and oxygen atoms in total. The molecule has 0 radical (unpaired) electrons. The van der Waals surface area contributed by atoms with E-state index in [1.807, 2.05) is 0 Å². The van der Waals surface area contributed by atoms with Gasteiger partial charge in [-0.05, 0) is 35.2 Å². The number of carbonyl (C=O) groups is 2. The number of alkyl halides is 6. The van der Waals surface area contributed by atoms with Gasteiger partial charge in [0, 0.05) is 38.8 Å². The quantitative estimate of drug-likeness (QED) is 0.569. The van der Waals surface area contributed by atoms with Crippen molar-refractivity contribution < 1.29 is 55.6 Å². The third-order valence-electron chi connectivity index (χ3n) is 5.57. The van der Waals surface area contributed by atoms with Crippen LogP contribution in [-0.4, -0.2) is 102 Å². The third kappa shape index (κ3) is 9.22. The molecule has 0 saturated carbocycles. The molecule has 3 aliphatic heterocycles. The predicted molar refractivity (Wildman–Crippen MR) is 111 cm³/mol. The van der Waals surface area contributed by atoms with Gasteiger partial charge in [-0.25, -0.2) is 9.59 Å². The van der Waals surface area contributed by atoms with Crippen LogP contribution in [0.4, 0.5) is 26.3 Å². The van der Waals surface area contributed by atoms with Crippen molar-refractivity contribution in [2.24, 2.45) is 0 Å². The van der Waals surface area contributed by atoms with E-state index in [4.69, 9.17) is 29.3 Å². The molecule has 15 heteroatoms. The lowest BCUT2D eigenvalue weighted by Crippen LogP contribution is -2.51. The monoisotopic (exact) mass is 536 g/mol. The van der Waals surface area contributed by atoms with Crippen LogP contribution in [0.15, 0.2) is 16.8 Å². The van der Waals surface area contributed by atoms with Crippen LogP contribution in [0.1, 0.15) is 18.4 Å². The molecule has 35 heavy (non-hydrogen) atoms. The van der Waals surface area contributed by atoms with Crippen LogP contribution >= 0.6 is 11.3 Å². The minimum Gasteiger partial charge on any atom is -0.475 e. The number of thiophene rings is 1. The minimum absolute atomic E-state index is 0.399. The largest absolute Gasteiger partial charge is 0.490 e. The van der Waals surface area contributed by atoms with Crippen molar-refractivity contribution in [1.82, 2.24) is 9.80 Å². The van der Waals surface area contributed by atoms with E-state index in [1.165, 1.54) is 18.4 Å². The summed E-state index contributed by atoms with van der Waals surface area (Å²) in [4.78, 5) is 23.0. The summed E-state index contributed by atoms with van der Waals surface area (Å²) in [5.41, 5.74) is 1.45. The molecule has 4 rings (SSSR count). The number of hydrogen-bond acceptors (Lipinski definition) is 7. The highest BCUT2D eigenvalue weighted by Crippen LogP contribution is 2.33. The molecule has 3 atom stereocenters. The molecule has 0 spiro atoms. The first-order valence-electron chi connectivity index (χ1n) is 10.6. The SMILES string of the molecule is O=C(O)C(F)(F)F.O=C(O)C(F)(F)F.c1cc(CN2C[C@H](N3CCOCC3)[C@@H]3OCCC[C@@H]32)cs1. The van der Waals surface area contributed by atoms with Crippen LogP contribution in [0.3, 0.4) is 0 Å². The summed E-state index contributed by atoms with van der Waals surface area (Å²) in [5.74, 6) is -5.51. The molecule has 200 valence electrons. The number of hydrogen-bond donors (Lipinski definition) is 2. The average molecular weight is 536 g/mol. The van der Waals surface area contributed by atoms with Gasteiger partial charge in [-0.1, -0.05) is 0 Å². The lowest BCUT2D eigenvalue weighted by Gasteiger charge is -2.37. The molecule has 3 aliphatic rings. The fourth-order valence-electron chi connectivity index (χ4n) is 4.06. The Labute approximate surface area is 201 Å². The van der Waals surface area contributed by atoms with Gasteiger partial charge in [-0.2, -0.15) is 37.7 Å². The van der Waals surface area contributed by atoms with Crippen molar-refractivity contribution in [2.45, 2.75) is 49.9 Å². The summed E-state index contributed by atoms with van der Waals surface area (Å²) in [6.45, 7) is 7.03. The van der Waals surface area contributed by atoms with Gasteiger partial charge in [0.2, 0.25) is 0 Å². The highest BCUT2D eigenvalue weighted by Gasteiger charge is 2.46. The first-order chi connectivity index (χ1) is 16.3. The van der Waals surface area contributed by atoms with Gasteiger partial charge in [0.1, 0.15) is 0 Å². The summed E-state index contributed by atoms with van der Waals surface area (Å²) in [5, 5.41) is 18.7. The lowest BCUT2D eigenvalue weighted by atomic mass is 10.00. The van der Waals surface area contributed by atoms with Crippen molar-refractivity contribution in [3.8, 4) is 0 Å². The molecule has 1 aromatic rings. The maximum atomic E-state index is 10.6. The van der Waals surface area contributed by atoms with Crippen LogP contribution < -0.4 is 0 Å². The lowest BCUT2D eigenvalue weighted by molar-refractivity contribution is -0.193. The van der Waals surface area contributed by atoms with Crippen LogP contribution in [-0.2, 0) is 25.6 Å². The number of likely N-dealkylation sites (tertiary alicyclic amines) is 1. The van der Waals surface area contributed by atoms with Gasteiger partial charge in [0.05, 0.1) is 25.4 Å². The van der Waals surface area contributed by atoms with Crippen molar-refractivity contribution in [2.75, 3.05) is 39.5 Å². The van der Waals surface area contributed by atoms with Gasteiger partial charge < -0.3 is 19.7 Å². The maximum Gasteiger partial charge on any atom is 0.490 e. The zero-order valence-corrected chi connectivity index (χ0v) is 19.2. The summed E-state index contributed by atoms with van der Waals surface area (Å²) in [7, 11) is 0. The Morgan fingerprint density at radius 1 is 1.00 bits per heavy atom. The normalized spacial score (nSPS) is 25.5. The Morgan fingerprint density at radius 2 is 1.57 bits per heavy atom. The Balaban J connectivity index is 0.000000257. The zero-order valence-electron chi connectivity index (χ0n) is 18.4. The first-order valence-corrected chi connectivity index (χ1v) is 11.5. The van der Waals surface area contributed by atoms with E-state index in [9.17, 15) is 26.3 Å². The number of morpholine rings is 1. The third-order valence-corrected chi connectivity index (χ3v) is 6.30.